The van der Waals surface area contributed by atoms with E-state index in [4.69, 9.17) is 24.8 Å². The molecule has 4 N–H and O–H groups in total. The Morgan fingerprint density at radius 1 is 1.14 bits per heavy atom. The van der Waals surface area contributed by atoms with Gasteiger partial charge in [0, 0.05) is 13.0 Å². The minimum absolute atomic E-state index is 0.105. The van der Waals surface area contributed by atoms with Crippen molar-refractivity contribution in [2.45, 2.75) is 64.0 Å². The van der Waals surface area contributed by atoms with Gasteiger partial charge in [0.25, 0.3) is 0 Å². The fourth-order valence-electron chi connectivity index (χ4n) is 2.17. The summed E-state index contributed by atoms with van der Waals surface area (Å²) in [6.45, 7) is 4.60. The lowest BCUT2D eigenvalue weighted by Crippen LogP contribution is -2.35. The lowest BCUT2D eigenvalue weighted by atomic mass is 10.1. The quantitative estimate of drug-likeness (QED) is 0.118. The van der Waals surface area contributed by atoms with Crippen LogP contribution in [0, 0.1) is 0 Å². The number of carbonyl (C=O) groups excluding carboxylic acids is 1. The summed E-state index contributed by atoms with van der Waals surface area (Å²) in [6.07, 6.45) is 6.87. The largest absolute Gasteiger partial charge is 0.480 e. The molecule has 0 saturated heterocycles. The van der Waals surface area contributed by atoms with E-state index in [2.05, 4.69) is 11.1 Å². The molecular formula is C18H34NO9P. The van der Waals surface area contributed by atoms with Gasteiger partial charge in [0.1, 0.15) is 18.8 Å². The van der Waals surface area contributed by atoms with E-state index < -0.39 is 38.5 Å². The molecule has 0 fully saturated rings. The lowest BCUT2D eigenvalue weighted by molar-refractivity contribution is -0.148. The third-order valence-corrected chi connectivity index (χ3v) is 4.78. The molecule has 0 spiro atoms. The van der Waals surface area contributed by atoms with E-state index in [9.17, 15) is 19.0 Å². The van der Waals surface area contributed by atoms with Gasteiger partial charge in [-0.1, -0.05) is 25.3 Å². The molecule has 0 aliphatic carbocycles. The van der Waals surface area contributed by atoms with Gasteiger partial charge < -0.3 is 25.2 Å². The second kappa shape index (κ2) is 16.5. The van der Waals surface area contributed by atoms with Gasteiger partial charge >= 0.3 is 19.8 Å². The highest BCUT2D eigenvalue weighted by Gasteiger charge is 2.29. The van der Waals surface area contributed by atoms with Gasteiger partial charge in [0.2, 0.25) is 0 Å². The number of rotatable bonds is 19. The molecule has 0 aliphatic heterocycles. The molecule has 0 bridgehead atoms. The number of ether oxygens (including phenoxy) is 2. The third kappa shape index (κ3) is 16.2. The van der Waals surface area contributed by atoms with Gasteiger partial charge in [0.15, 0.2) is 0 Å². The number of hydrogen-bond acceptors (Lipinski definition) is 8. The predicted octanol–water partition coefficient (Wildman–Crippen LogP) is 2.40. The monoisotopic (exact) mass is 439 g/mol. The summed E-state index contributed by atoms with van der Waals surface area (Å²) < 4.78 is 31.7. The first kappa shape index (κ1) is 27.7. The van der Waals surface area contributed by atoms with Crippen LogP contribution in [0.25, 0.3) is 0 Å². The van der Waals surface area contributed by atoms with Gasteiger partial charge in [-0.25, -0.2) is 4.57 Å². The molecule has 0 amide bonds. The molecule has 170 valence electrons. The van der Waals surface area contributed by atoms with Gasteiger partial charge in [-0.05, 0) is 26.2 Å². The number of allylic oxidation sites excluding steroid dienone is 1. The number of carboxylic acid groups (broad SMARTS) is 1. The van der Waals surface area contributed by atoms with E-state index in [1.165, 1.54) is 0 Å². The van der Waals surface area contributed by atoms with Crippen molar-refractivity contribution in [2.75, 3.05) is 26.4 Å². The molecule has 0 radical (unpaired) electrons. The zero-order valence-electron chi connectivity index (χ0n) is 17.0. The van der Waals surface area contributed by atoms with Crippen LogP contribution >= 0.6 is 7.82 Å². The first-order valence-electron chi connectivity index (χ1n) is 9.70. The van der Waals surface area contributed by atoms with E-state index in [1.54, 1.807) is 6.92 Å². The Bertz CT molecular complexity index is 529. The summed E-state index contributed by atoms with van der Waals surface area (Å²) in [7, 11) is -4.60. The summed E-state index contributed by atoms with van der Waals surface area (Å²) >= 11 is 0. The summed E-state index contributed by atoms with van der Waals surface area (Å²) in [5.74, 6) is -1.83. The van der Waals surface area contributed by atoms with Crippen molar-refractivity contribution < 1.29 is 42.7 Å². The molecule has 0 aliphatic rings. The number of phosphoric ester groups is 1. The number of unbranched alkanes of at least 4 members (excludes halogenated alkanes) is 5. The molecule has 10 nitrogen and oxygen atoms in total. The maximum Gasteiger partial charge on any atom is 0.472 e. The second-order valence-electron chi connectivity index (χ2n) is 6.37. The Hall–Kier alpha value is -1.29. The maximum atomic E-state index is 11.9. The normalized spacial score (nSPS) is 15.3. The van der Waals surface area contributed by atoms with Crippen molar-refractivity contribution in [2.24, 2.45) is 5.73 Å². The minimum atomic E-state index is -4.60. The molecule has 0 saturated carbocycles. The zero-order valence-corrected chi connectivity index (χ0v) is 17.9. The number of phosphoric acid groups is 1. The van der Waals surface area contributed by atoms with Gasteiger partial charge in [-0.2, -0.15) is 0 Å². The highest BCUT2D eigenvalue weighted by Crippen LogP contribution is 2.44. The summed E-state index contributed by atoms with van der Waals surface area (Å²) in [5, 5.41) is 8.67. The van der Waals surface area contributed by atoms with Crippen molar-refractivity contribution in [3.63, 3.8) is 0 Å². The first-order chi connectivity index (χ1) is 13.7. The number of carbonyl (C=O) groups is 2. The molecule has 1 unspecified atom stereocenters. The SMILES string of the molecule is C=CCCCCCCCC(=O)OC[C@@H](COCC)OP(=O)(O)OC[C@H](N)C(=O)O. The fraction of sp³-hybridized carbons (Fsp3) is 0.778. The molecule has 0 heterocycles. The number of esters is 1. The average Bonchev–Trinajstić information content (AvgIpc) is 2.67. The molecule has 0 aromatic rings. The predicted molar refractivity (Wildman–Crippen MR) is 106 cm³/mol. The number of hydrogen-bond donors (Lipinski definition) is 3. The zero-order chi connectivity index (χ0) is 22.1. The van der Waals surface area contributed by atoms with Crippen LogP contribution in [0.5, 0.6) is 0 Å². The minimum Gasteiger partial charge on any atom is -0.480 e. The first-order valence-corrected chi connectivity index (χ1v) is 11.2. The molecule has 0 aromatic heterocycles. The third-order valence-electron chi connectivity index (χ3n) is 3.74. The number of carboxylic acids is 1. The van der Waals surface area contributed by atoms with Crippen LogP contribution in [0.1, 0.15) is 51.9 Å². The lowest BCUT2D eigenvalue weighted by Gasteiger charge is -2.21. The van der Waals surface area contributed by atoms with E-state index in [1.807, 2.05) is 6.08 Å². The van der Waals surface area contributed by atoms with Crippen LogP contribution in [0.15, 0.2) is 12.7 Å². The molecule has 0 aromatic carbocycles. The number of nitrogens with two attached hydrogens (primary N) is 1. The van der Waals surface area contributed by atoms with Gasteiger partial charge in [-0.15, -0.1) is 6.58 Å². The van der Waals surface area contributed by atoms with Crippen LogP contribution in [0.4, 0.5) is 0 Å². The molecule has 3 atom stereocenters. The van der Waals surface area contributed by atoms with Crippen LogP contribution in [-0.2, 0) is 32.7 Å². The van der Waals surface area contributed by atoms with Crippen molar-refractivity contribution >= 4 is 19.8 Å². The van der Waals surface area contributed by atoms with Gasteiger partial charge in [0.05, 0.1) is 13.2 Å². The average molecular weight is 439 g/mol. The van der Waals surface area contributed by atoms with Crippen molar-refractivity contribution in [3.05, 3.63) is 12.7 Å². The summed E-state index contributed by atoms with van der Waals surface area (Å²) in [6, 6.07) is -1.47. The highest BCUT2D eigenvalue weighted by molar-refractivity contribution is 7.47. The van der Waals surface area contributed by atoms with Gasteiger partial charge in [-0.3, -0.25) is 18.6 Å². The van der Waals surface area contributed by atoms with E-state index in [0.29, 0.717) is 13.0 Å². The Balaban J connectivity index is 4.28. The van der Waals surface area contributed by atoms with Crippen LogP contribution in [-0.4, -0.2) is 60.5 Å². The van der Waals surface area contributed by atoms with Crippen molar-refractivity contribution in [3.8, 4) is 0 Å². The smallest absolute Gasteiger partial charge is 0.472 e. The van der Waals surface area contributed by atoms with Crippen molar-refractivity contribution in [1.29, 1.82) is 0 Å². The summed E-state index contributed by atoms with van der Waals surface area (Å²) in [5.41, 5.74) is 5.21. The Kier molecular flexibility index (Phi) is 15.8. The van der Waals surface area contributed by atoms with Crippen molar-refractivity contribution in [1.82, 2.24) is 0 Å². The van der Waals surface area contributed by atoms with E-state index in [0.717, 1.165) is 32.1 Å². The number of aliphatic carboxylic acids is 1. The van der Waals surface area contributed by atoms with Crippen LogP contribution < -0.4 is 5.73 Å². The van der Waals surface area contributed by atoms with Crippen LogP contribution in [0.2, 0.25) is 0 Å². The van der Waals surface area contributed by atoms with E-state index >= 15 is 0 Å². The highest BCUT2D eigenvalue weighted by atomic mass is 31.2. The maximum absolute atomic E-state index is 11.9. The molecular weight excluding hydrogens is 405 g/mol. The summed E-state index contributed by atoms with van der Waals surface area (Å²) in [4.78, 5) is 32.2. The van der Waals surface area contributed by atoms with E-state index in [-0.39, 0.29) is 19.6 Å². The Morgan fingerprint density at radius 2 is 1.79 bits per heavy atom. The molecule has 0 rings (SSSR count). The topological polar surface area (TPSA) is 155 Å². The molecule has 29 heavy (non-hydrogen) atoms. The standard InChI is InChI=1S/C18H34NO9P/c1-3-5-6-7-8-9-10-11-17(20)26-13-15(12-25-4-2)28-29(23,24)27-14-16(19)18(21)22/h3,15-16H,1,4-14,19H2,2H3,(H,21,22)(H,23,24)/t15-,16+/m1/s1. The Morgan fingerprint density at radius 3 is 2.41 bits per heavy atom. The fourth-order valence-corrected chi connectivity index (χ4v) is 3.08. The van der Waals surface area contributed by atoms with Crippen LogP contribution in [0.3, 0.4) is 0 Å². The second-order valence-corrected chi connectivity index (χ2v) is 7.78. The Labute approximate surface area is 172 Å². The molecule has 11 heteroatoms.